The smallest absolute Gasteiger partial charge is 0.292 e. The molecule has 0 aliphatic carbocycles. The van der Waals surface area contributed by atoms with Gasteiger partial charge in [0.2, 0.25) is 0 Å². The van der Waals surface area contributed by atoms with E-state index in [1.54, 1.807) is 19.2 Å². The second kappa shape index (κ2) is 7.89. The van der Waals surface area contributed by atoms with Crippen molar-refractivity contribution < 1.29 is 9.66 Å². The van der Waals surface area contributed by atoms with Crippen molar-refractivity contribution in [2.75, 3.05) is 23.9 Å². The van der Waals surface area contributed by atoms with Gasteiger partial charge in [-0.1, -0.05) is 6.92 Å². The van der Waals surface area contributed by atoms with Gasteiger partial charge >= 0.3 is 0 Å². The number of nitrogens with zero attached hydrogens (tertiary/aromatic N) is 1. The Bertz CT molecular complexity index is 426. The van der Waals surface area contributed by atoms with Gasteiger partial charge in [0.15, 0.2) is 0 Å². The average molecular weight is 284 g/mol. The fourth-order valence-electron chi connectivity index (χ4n) is 1.66. The molecule has 0 aromatic heterocycles. The van der Waals surface area contributed by atoms with E-state index in [-0.39, 0.29) is 16.7 Å². The van der Waals surface area contributed by atoms with Crippen molar-refractivity contribution in [1.82, 2.24) is 0 Å². The maximum absolute atomic E-state index is 11.0. The van der Waals surface area contributed by atoms with Gasteiger partial charge in [-0.3, -0.25) is 10.1 Å². The van der Waals surface area contributed by atoms with Crippen LogP contribution in [0.25, 0.3) is 0 Å². The number of thioether (sulfide) groups is 1. The van der Waals surface area contributed by atoms with Crippen LogP contribution in [0.2, 0.25) is 0 Å². The first-order chi connectivity index (χ1) is 9.08. The van der Waals surface area contributed by atoms with E-state index in [4.69, 9.17) is 4.74 Å². The number of rotatable bonds is 8. The van der Waals surface area contributed by atoms with E-state index < -0.39 is 0 Å². The van der Waals surface area contributed by atoms with E-state index in [0.717, 1.165) is 17.9 Å². The number of nitrogens with one attached hydrogen (secondary N) is 1. The van der Waals surface area contributed by atoms with E-state index in [9.17, 15) is 10.1 Å². The molecule has 0 amide bonds. The maximum atomic E-state index is 11.0. The Kier molecular flexibility index (Phi) is 6.49. The van der Waals surface area contributed by atoms with E-state index >= 15 is 0 Å². The topological polar surface area (TPSA) is 64.4 Å². The lowest BCUT2D eigenvalue weighted by molar-refractivity contribution is -0.384. The van der Waals surface area contributed by atoms with Gasteiger partial charge in [0.25, 0.3) is 5.69 Å². The number of benzene rings is 1. The van der Waals surface area contributed by atoms with E-state index in [0.29, 0.717) is 11.4 Å². The van der Waals surface area contributed by atoms with Crippen LogP contribution in [0.15, 0.2) is 18.2 Å². The number of anilines is 1. The highest BCUT2D eigenvalue weighted by atomic mass is 32.2. The predicted octanol–water partition coefficient (Wildman–Crippen LogP) is 3.55. The average Bonchev–Trinajstić information content (AvgIpc) is 2.38. The molecule has 106 valence electrons. The summed E-state index contributed by atoms with van der Waals surface area (Å²) in [6.07, 6.45) is 0.965. The van der Waals surface area contributed by atoms with Crippen molar-refractivity contribution in [2.45, 2.75) is 26.3 Å². The summed E-state index contributed by atoms with van der Waals surface area (Å²) in [4.78, 5) is 10.6. The van der Waals surface area contributed by atoms with E-state index in [1.165, 1.54) is 6.07 Å². The molecular weight excluding hydrogens is 264 g/mol. The molecule has 1 rings (SSSR count). The SMILES string of the molecule is CCSCCC(C)Nc1cc(OC)ccc1[N+](=O)[O-]. The van der Waals surface area contributed by atoms with Crippen molar-refractivity contribution in [3.05, 3.63) is 28.3 Å². The summed E-state index contributed by atoms with van der Waals surface area (Å²) in [6.45, 7) is 4.15. The molecule has 5 nitrogen and oxygen atoms in total. The first-order valence-electron chi connectivity index (χ1n) is 6.25. The third-order valence-corrected chi connectivity index (χ3v) is 3.63. The van der Waals surface area contributed by atoms with Crippen LogP contribution in [0.3, 0.4) is 0 Å². The minimum Gasteiger partial charge on any atom is -0.497 e. The molecule has 0 aliphatic heterocycles. The molecule has 0 bridgehead atoms. The lowest BCUT2D eigenvalue weighted by Crippen LogP contribution is -2.17. The van der Waals surface area contributed by atoms with Gasteiger partial charge < -0.3 is 10.1 Å². The zero-order chi connectivity index (χ0) is 14.3. The molecule has 1 aromatic carbocycles. The summed E-state index contributed by atoms with van der Waals surface area (Å²) >= 11 is 1.87. The van der Waals surface area contributed by atoms with Crippen molar-refractivity contribution in [3.63, 3.8) is 0 Å². The Balaban J connectivity index is 2.76. The fourth-order valence-corrected chi connectivity index (χ4v) is 2.47. The second-order valence-corrected chi connectivity index (χ2v) is 5.57. The van der Waals surface area contributed by atoms with Gasteiger partial charge in [-0.05, 0) is 30.9 Å². The summed E-state index contributed by atoms with van der Waals surface area (Å²) < 4.78 is 5.10. The second-order valence-electron chi connectivity index (χ2n) is 4.17. The summed E-state index contributed by atoms with van der Waals surface area (Å²) in [5, 5.41) is 14.2. The molecule has 1 aromatic rings. The van der Waals surface area contributed by atoms with Crippen molar-refractivity contribution in [1.29, 1.82) is 0 Å². The zero-order valence-electron chi connectivity index (χ0n) is 11.5. The van der Waals surface area contributed by atoms with Gasteiger partial charge in [0.1, 0.15) is 11.4 Å². The van der Waals surface area contributed by atoms with Crippen molar-refractivity contribution >= 4 is 23.1 Å². The number of hydrogen-bond donors (Lipinski definition) is 1. The molecule has 19 heavy (non-hydrogen) atoms. The highest BCUT2D eigenvalue weighted by Crippen LogP contribution is 2.29. The van der Waals surface area contributed by atoms with Crippen LogP contribution in [0.1, 0.15) is 20.3 Å². The lowest BCUT2D eigenvalue weighted by Gasteiger charge is -2.15. The monoisotopic (exact) mass is 284 g/mol. The van der Waals surface area contributed by atoms with Crippen LogP contribution >= 0.6 is 11.8 Å². The Morgan fingerprint density at radius 2 is 2.26 bits per heavy atom. The summed E-state index contributed by atoms with van der Waals surface area (Å²) in [6, 6.07) is 4.92. The van der Waals surface area contributed by atoms with Gasteiger partial charge in [0.05, 0.1) is 12.0 Å². The Morgan fingerprint density at radius 1 is 1.53 bits per heavy atom. The number of methoxy groups -OCH3 is 1. The van der Waals surface area contributed by atoms with E-state index in [2.05, 4.69) is 12.2 Å². The largest absolute Gasteiger partial charge is 0.497 e. The number of hydrogen-bond acceptors (Lipinski definition) is 5. The van der Waals surface area contributed by atoms with Crippen LogP contribution in [0, 0.1) is 10.1 Å². The van der Waals surface area contributed by atoms with Crippen LogP contribution in [0.4, 0.5) is 11.4 Å². The standard InChI is InChI=1S/C13H20N2O3S/c1-4-19-8-7-10(2)14-12-9-11(18-3)5-6-13(12)15(16)17/h5-6,9-10,14H,4,7-8H2,1-3H3. The van der Waals surface area contributed by atoms with Gasteiger partial charge in [-0.2, -0.15) is 11.8 Å². The third kappa shape index (κ3) is 4.98. The van der Waals surface area contributed by atoms with Gasteiger partial charge in [0, 0.05) is 18.2 Å². The van der Waals surface area contributed by atoms with Crippen molar-refractivity contribution in [3.8, 4) is 5.75 Å². The van der Waals surface area contributed by atoms with Crippen LogP contribution in [-0.4, -0.2) is 29.6 Å². The Hall–Kier alpha value is -1.43. The van der Waals surface area contributed by atoms with Crippen LogP contribution in [-0.2, 0) is 0 Å². The van der Waals surface area contributed by atoms with E-state index in [1.807, 2.05) is 18.7 Å². The molecule has 1 N–H and O–H groups in total. The lowest BCUT2D eigenvalue weighted by atomic mass is 10.2. The summed E-state index contributed by atoms with van der Waals surface area (Å²) in [7, 11) is 1.55. The molecule has 0 saturated heterocycles. The molecular formula is C13H20N2O3S. The molecule has 1 atom stereocenters. The molecule has 0 radical (unpaired) electrons. The van der Waals surface area contributed by atoms with Crippen LogP contribution in [0.5, 0.6) is 5.75 Å². The Morgan fingerprint density at radius 3 is 2.84 bits per heavy atom. The zero-order valence-corrected chi connectivity index (χ0v) is 12.3. The molecule has 0 saturated carbocycles. The maximum Gasteiger partial charge on any atom is 0.292 e. The fraction of sp³-hybridized carbons (Fsp3) is 0.538. The number of ether oxygens (including phenoxy) is 1. The molecule has 1 unspecified atom stereocenters. The minimum absolute atomic E-state index is 0.0794. The predicted molar refractivity (Wildman–Crippen MR) is 80.3 cm³/mol. The number of nitro groups is 1. The first kappa shape index (κ1) is 15.6. The highest BCUT2D eigenvalue weighted by Gasteiger charge is 2.16. The summed E-state index contributed by atoms with van der Waals surface area (Å²) in [5.41, 5.74) is 0.592. The minimum atomic E-state index is -0.380. The van der Waals surface area contributed by atoms with Gasteiger partial charge in [-0.25, -0.2) is 0 Å². The summed E-state index contributed by atoms with van der Waals surface area (Å²) in [5.74, 6) is 2.75. The third-order valence-electron chi connectivity index (χ3n) is 2.70. The van der Waals surface area contributed by atoms with Gasteiger partial charge in [-0.15, -0.1) is 0 Å². The number of nitro benzene ring substituents is 1. The molecule has 6 heteroatoms. The highest BCUT2D eigenvalue weighted by molar-refractivity contribution is 7.99. The molecule has 0 heterocycles. The van der Waals surface area contributed by atoms with Crippen molar-refractivity contribution in [2.24, 2.45) is 0 Å². The molecule has 0 fully saturated rings. The normalized spacial score (nSPS) is 11.9. The molecule has 0 aliphatic rings. The quantitative estimate of drug-likeness (QED) is 0.449. The molecule has 0 spiro atoms. The van der Waals surface area contributed by atoms with Crippen LogP contribution < -0.4 is 10.1 Å². The first-order valence-corrected chi connectivity index (χ1v) is 7.40. The Labute approximate surface area is 117 Å².